The molecule has 0 aliphatic heterocycles. The number of hydrogen-bond acceptors (Lipinski definition) is 4. The van der Waals surface area contributed by atoms with E-state index < -0.39 is 0 Å². The largest absolute Gasteiger partial charge is 0.497 e. The molecule has 140 valence electrons. The van der Waals surface area contributed by atoms with Gasteiger partial charge in [-0.3, -0.25) is 10.6 Å². The molecule has 0 saturated carbocycles. The van der Waals surface area contributed by atoms with Gasteiger partial charge in [-0.15, -0.1) is 0 Å². The van der Waals surface area contributed by atoms with Gasteiger partial charge >= 0.3 is 0 Å². The van der Waals surface area contributed by atoms with Crippen LogP contribution in [-0.2, 0) is 6.42 Å². The summed E-state index contributed by atoms with van der Waals surface area (Å²) >= 11 is 6.02. The number of halogens is 1. The second-order valence-corrected chi connectivity index (χ2v) is 6.54. The SMILES string of the molecule is COc1ccc(-n2nc(CCC(=N)N(C)O)cc2-c2ccc(Cl)cc2)cc1. The molecule has 0 fully saturated rings. The zero-order valence-electron chi connectivity index (χ0n) is 15.2. The fraction of sp³-hybridized carbons (Fsp3) is 0.200. The topological polar surface area (TPSA) is 74.4 Å². The lowest BCUT2D eigenvalue weighted by atomic mass is 10.1. The van der Waals surface area contributed by atoms with E-state index in [0.29, 0.717) is 17.9 Å². The summed E-state index contributed by atoms with van der Waals surface area (Å²) in [5.74, 6) is 0.917. The molecule has 2 aromatic carbocycles. The summed E-state index contributed by atoms with van der Waals surface area (Å²) in [4.78, 5) is 0. The number of aromatic nitrogens is 2. The Morgan fingerprint density at radius 2 is 1.85 bits per heavy atom. The Morgan fingerprint density at radius 3 is 2.44 bits per heavy atom. The number of methoxy groups -OCH3 is 1. The van der Waals surface area contributed by atoms with Crippen LogP contribution in [-0.4, -0.2) is 40.0 Å². The van der Waals surface area contributed by atoms with E-state index in [0.717, 1.165) is 33.5 Å². The van der Waals surface area contributed by atoms with Crippen molar-refractivity contribution in [3.63, 3.8) is 0 Å². The van der Waals surface area contributed by atoms with Crippen LogP contribution in [0, 0.1) is 5.41 Å². The molecule has 0 aliphatic carbocycles. The molecule has 0 atom stereocenters. The predicted octanol–water partition coefficient (Wildman–Crippen LogP) is 4.43. The zero-order valence-corrected chi connectivity index (χ0v) is 15.9. The van der Waals surface area contributed by atoms with Crippen LogP contribution in [0.1, 0.15) is 12.1 Å². The number of rotatable bonds is 6. The van der Waals surface area contributed by atoms with Crippen molar-refractivity contribution >= 4 is 17.4 Å². The summed E-state index contributed by atoms with van der Waals surface area (Å²) in [5.41, 5.74) is 3.66. The Labute approximate surface area is 163 Å². The van der Waals surface area contributed by atoms with Gasteiger partial charge in [-0.2, -0.15) is 5.10 Å². The van der Waals surface area contributed by atoms with Gasteiger partial charge in [0.05, 0.1) is 24.2 Å². The van der Waals surface area contributed by atoms with Gasteiger partial charge in [-0.1, -0.05) is 23.7 Å². The van der Waals surface area contributed by atoms with Crippen molar-refractivity contribution in [2.45, 2.75) is 12.8 Å². The molecular formula is C20H21ClN4O2. The number of aryl methyl sites for hydroxylation is 1. The van der Waals surface area contributed by atoms with Crippen LogP contribution in [0.25, 0.3) is 16.9 Å². The lowest BCUT2D eigenvalue weighted by Gasteiger charge is -2.10. The summed E-state index contributed by atoms with van der Waals surface area (Å²) in [6, 6.07) is 17.3. The number of hydroxylamine groups is 2. The molecule has 3 aromatic rings. The Bertz CT molecular complexity index is 918. The molecule has 0 spiro atoms. The third kappa shape index (κ3) is 4.48. The molecule has 3 rings (SSSR count). The highest BCUT2D eigenvalue weighted by Crippen LogP contribution is 2.27. The van der Waals surface area contributed by atoms with Crippen molar-refractivity contribution < 1.29 is 9.94 Å². The van der Waals surface area contributed by atoms with Crippen LogP contribution >= 0.6 is 11.6 Å². The van der Waals surface area contributed by atoms with Crippen molar-refractivity contribution in [2.24, 2.45) is 0 Å². The average molecular weight is 385 g/mol. The van der Waals surface area contributed by atoms with E-state index in [-0.39, 0.29) is 5.84 Å². The lowest BCUT2D eigenvalue weighted by Crippen LogP contribution is -2.21. The minimum Gasteiger partial charge on any atom is -0.497 e. The molecule has 7 heteroatoms. The summed E-state index contributed by atoms with van der Waals surface area (Å²) in [6.45, 7) is 0. The molecule has 0 bridgehead atoms. The Kier molecular flexibility index (Phi) is 5.78. The highest BCUT2D eigenvalue weighted by molar-refractivity contribution is 6.30. The minimum absolute atomic E-state index is 0.141. The van der Waals surface area contributed by atoms with E-state index in [1.54, 1.807) is 7.11 Å². The second-order valence-electron chi connectivity index (χ2n) is 6.11. The van der Waals surface area contributed by atoms with Gasteiger partial charge < -0.3 is 4.74 Å². The monoisotopic (exact) mass is 384 g/mol. The van der Waals surface area contributed by atoms with Crippen LogP contribution < -0.4 is 4.74 Å². The lowest BCUT2D eigenvalue weighted by molar-refractivity contribution is 0.00999. The first kappa shape index (κ1) is 18.9. The second kappa shape index (κ2) is 8.24. The maximum atomic E-state index is 9.35. The van der Waals surface area contributed by atoms with Crippen LogP contribution in [0.15, 0.2) is 54.6 Å². The van der Waals surface area contributed by atoms with E-state index in [1.807, 2.05) is 59.3 Å². The van der Waals surface area contributed by atoms with Crippen LogP contribution in [0.5, 0.6) is 5.75 Å². The number of nitrogens with one attached hydrogen (secondary N) is 1. The van der Waals surface area contributed by atoms with E-state index in [2.05, 4.69) is 0 Å². The fourth-order valence-corrected chi connectivity index (χ4v) is 2.83. The van der Waals surface area contributed by atoms with Crippen LogP contribution in [0.4, 0.5) is 0 Å². The number of ether oxygens (including phenoxy) is 1. The number of nitrogens with zero attached hydrogens (tertiary/aromatic N) is 3. The summed E-state index contributed by atoms with van der Waals surface area (Å²) in [6.07, 6.45) is 0.945. The minimum atomic E-state index is 0.141. The maximum absolute atomic E-state index is 9.35. The molecule has 0 amide bonds. The molecule has 0 radical (unpaired) electrons. The molecular weight excluding hydrogens is 364 g/mol. The Morgan fingerprint density at radius 1 is 1.19 bits per heavy atom. The molecule has 1 heterocycles. The molecule has 2 N–H and O–H groups in total. The Balaban J connectivity index is 1.98. The standard InChI is InChI=1S/C20H21ClN4O2/c1-24(26)20(22)12-7-16-13-19(14-3-5-15(21)6-4-14)25(23-16)17-8-10-18(27-2)11-9-17/h3-6,8-11,13,22,26H,7,12H2,1-2H3. The van der Waals surface area contributed by atoms with Gasteiger partial charge in [-0.25, -0.2) is 9.75 Å². The van der Waals surface area contributed by atoms with Crippen molar-refractivity contribution in [3.8, 4) is 22.7 Å². The van der Waals surface area contributed by atoms with E-state index >= 15 is 0 Å². The van der Waals surface area contributed by atoms with Crippen molar-refractivity contribution in [2.75, 3.05) is 14.2 Å². The van der Waals surface area contributed by atoms with Gasteiger partial charge in [0.25, 0.3) is 0 Å². The van der Waals surface area contributed by atoms with Gasteiger partial charge in [0.15, 0.2) is 0 Å². The summed E-state index contributed by atoms with van der Waals surface area (Å²) in [5, 5.41) is 23.3. The highest BCUT2D eigenvalue weighted by atomic mass is 35.5. The molecule has 1 aromatic heterocycles. The number of benzene rings is 2. The molecule has 27 heavy (non-hydrogen) atoms. The first-order valence-corrected chi connectivity index (χ1v) is 8.85. The van der Waals surface area contributed by atoms with Gasteiger partial charge in [0.1, 0.15) is 11.6 Å². The summed E-state index contributed by atoms with van der Waals surface area (Å²) < 4.78 is 7.09. The van der Waals surface area contributed by atoms with Crippen LogP contribution in [0.2, 0.25) is 5.02 Å². The first-order valence-electron chi connectivity index (χ1n) is 8.47. The summed E-state index contributed by atoms with van der Waals surface area (Å²) in [7, 11) is 3.07. The van der Waals surface area contributed by atoms with Gasteiger partial charge in [0.2, 0.25) is 0 Å². The molecule has 6 nitrogen and oxygen atoms in total. The van der Waals surface area contributed by atoms with Crippen molar-refractivity contribution in [1.29, 1.82) is 5.41 Å². The van der Waals surface area contributed by atoms with Gasteiger partial charge in [-0.05, 0) is 48.9 Å². The normalized spacial score (nSPS) is 10.7. The number of hydrogen-bond donors (Lipinski definition) is 2. The highest BCUT2D eigenvalue weighted by Gasteiger charge is 2.13. The van der Waals surface area contributed by atoms with Crippen molar-refractivity contribution in [1.82, 2.24) is 14.8 Å². The molecule has 0 saturated heterocycles. The third-order valence-corrected chi connectivity index (χ3v) is 4.48. The van der Waals surface area contributed by atoms with E-state index in [4.69, 9.17) is 26.8 Å². The van der Waals surface area contributed by atoms with E-state index in [9.17, 15) is 5.21 Å². The quantitative estimate of drug-likeness (QED) is 0.374. The third-order valence-electron chi connectivity index (χ3n) is 4.23. The first-order chi connectivity index (χ1) is 13.0. The molecule has 0 unspecified atom stereocenters. The maximum Gasteiger partial charge on any atom is 0.120 e. The Hall–Kier alpha value is -2.83. The fourth-order valence-electron chi connectivity index (χ4n) is 2.71. The number of amidine groups is 1. The van der Waals surface area contributed by atoms with Crippen LogP contribution in [0.3, 0.4) is 0 Å². The zero-order chi connectivity index (χ0) is 19.4. The molecule has 0 aliphatic rings. The average Bonchev–Trinajstić information content (AvgIpc) is 3.11. The van der Waals surface area contributed by atoms with Gasteiger partial charge in [0, 0.05) is 24.1 Å². The van der Waals surface area contributed by atoms with Crippen molar-refractivity contribution in [3.05, 3.63) is 65.3 Å². The van der Waals surface area contributed by atoms with E-state index in [1.165, 1.54) is 7.05 Å². The predicted molar refractivity (Wildman–Crippen MR) is 106 cm³/mol. The smallest absolute Gasteiger partial charge is 0.120 e.